The highest BCUT2D eigenvalue weighted by Gasteiger charge is 1.98. The third-order valence-corrected chi connectivity index (χ3v) is 2.09. The Morgan fingerprint density at radius 2 is 1.75 bits per heavy atom. The van der Waals surface area contributed by atoms with Crippen LogP contribution in [-0.4, -0.2) is 5.71 Å². The van der Waals surface area contributed by atoms with Gasteiger partial charge in [0.25, 0.3) is 0 Å². The molecule has 0 aromatic heterocycles. The molecule has 0 radical (unpaired) electrons. The van der Waals surface area contributed by atoms with E-state index in [1.54, 1.807) is 12.1 Å². The first-order valence-corrected chi connectivity index (χ1v) is 4.91. The van der Waals surface area contributed by atoms with Crippen molar-refractivity contribution in [3.63, 3.8) is 0 Å². The van der Waals surface area contributed by atoms with Crippen LogP contribution in [0.1, 0.15) is 25.3 Å². The molecule has 80 valence electrons. The summed E-state index contributed by atoms with van der Waals surface area (Å²) in [7, 11) is 0. The molecule has 16 heavy (non-hydrogen) atoms. The number of nitrogens with zero attached hydrogens (tertiary/aromatic N) is 3. The van der Waals surface area contributed by atoms with Gasteiger partial charge >= 0.3 is 0 Å². The van der Waals surface area contributed by atoms with Crippen molar-refractivity contribution in [3.8, 4) is 12.1 Å². The fourth-order valence-electron chi connectivity index (χ4n) is 1.14. The third-order valence-electron chi connectivity index (χ3n) is 2.09. The van der Waals surface area contributed by atoms with Crippen LogP contribution < -0.4 is 5.43 Å². The van der Waals surface area contributed by atoms with Gasteiger partial charge in [0.05, 0.1) is 5.69 Å². The Kier molecular flexibility index (Phi) is 4.06. The summed E-state index contributed by atoms with van der Waals surface area (Å²) in [6.07, 6.45) is 0. The minimum absolute atomic E-state index is 0.187. The van der Waals surface area contributed by atoms with E-state index >= 15 is 0 Å². The maximum absolute atomic E-state index is 8.48. The molecule has 0 saturated heterocycles. The largest absolute Gasteiger partial charge is 0.277 e. The second-order valence-corrected chi connectivity index (χ2v) is 3.57. The van der Waals surface area contributed by atoms with Crippen molar-refractivity contribution in [2.24, 2.45) is 5.10 Å². The predicted molar refractivity (Wildman–Crippen MR) is 62.8 cm³/mol. The van der Waals surface area contributed by atoms with Gasteiger partial charge in [-0.05, 0) is 23.6 Å². The van der Waals surface area contributed by atoms with Crippen LogP contribution in [0.3, 0.4) is 0 Å². The molecule has 0 bridgehead atoms. The average molecular weight is 212 g/mol. The van der Waals surface area contributed by atoms with E-state index in [9.17, 15) is 0 Å². The first-order valence-electron chi connectivity index (χ1n) is 4.91. The van der Waals surface area contributed by atoms with Gasteiger partial charge in [-0.1, -0.05) is 26.0 Å². The highest BCUT2D eigenvalue weighted by atomic mass is 15.3. The smallest absolute Gasteiger partial charge is 0.237 e. The van der Waals surface area contributed by atoms with Crippen molar-refractivity contribution < 1.29 is 0 Å². The summed E-state index contributed by atoms with van der Waals surface area (Å²) < 4.78 is 0. The Morgan fingerprint density at radius 1 is 1.19 bits per heavy atom. The van der Waals surface area contributed by atoms with Crippen molar-refractivity contribution in [3.05, 3.63) is 29.8 Å². The van der Waals surface area contributed by atoms with E-state index in [-0.39, 0.29) is 5.71 Å². The summed E-state index contributed by atoms with van der Waals surface area (Å²) in [5.74, 6) is 0.478. The number of nitriles is 2. The molecule has 0 saturated carbocycles. The Morgan fingerprint density at radius 3 is 2.19 bits per heavy atom. The van der Waals surface area contributed by atoms with Gasteiger partial charge in [0.2, 0.25) is 5.71 Å². The number of anilines is 1. The van der Waals surface area contributed by atoms with E-state index in [2.05, 4.69) is 24.4 Å². The Balaban J connectivity index is 2.75. The predicted octanol–water partition coefficient (Wildman–Crippen LogP) is 2.63. The minimum Gasteiger partial charge on any atom is -0.277 e. The topological polar surface area (TPSA) is 72.0 Å². The molecular weight excluding hydrogens is 200 g/mol. The zero-order valence-corrected chi connectivity index (χ0v) is 9.23. The summed E-state index contributed by atoms with van der Waals surface area (Å²) in [6.45, 7) is 4.23. The number of hydrazone groups is 1. The lowest BCUT2D eigenvalue weighted by Gasteiger charge is -2.05. The third kappa shape index (κ3) is 3.11. The van der Waals surface area contributed by atoms with Crippen LogP contribution in [0.2, 0.25) is 0 Å². The molecule has 0 fully saturated rings. The highest BCUT2D eigenvalue weighted by Crippen LogP contribution is 2.16. The summed E-state index contributed by atoms with van der Waals surface area (Å²) in [4.78, 5) is 0. The molecule has 0 aliphatic carbocycles. The second-order valence-electron chi connectivity index (χ2n) is 3.57. The summed E-state index contributed by atoms with van der Waals surface area (Å²) in [5.41, 5.74) is 4.46. The molecule has 1 N–H and O–H groups in total. The Bertz CT molecular complexity index is 441. The normalized spacial score (nSPS) is 9.06. The second kappa shape index (κ2) is 5.53. The molecule has 1 aromatic carbocycles. The lowest BCUT2D eigenvalue weighted by atomic mass is 10.0. The van der Waals surface area contributed by atoms with Crippen molar-refractivity contribution in [2.45, 2.75) is 19.8 Å². The van der Waals surface area contributed by atoms with Gasteiger partial charge in [0, 0.05) is 0 Å². The van der Waals surface area contributed by atoms with Crippen LogP contribution in [0, 0.1) is 22.7 Å². The molecule has 0 amide bonds. The average Bonchev–Trinajstić information content (AvgIpc) is 2.31. The molecule has 1 rings (SSSR count). The lowest BCUT2D eigenvalue weighted by molar-refractivity contribution is 0.867. The number of rotatable bonds is 3. The summed E-state index contributed by atoms with van der Waals surface area (Å²) in [5, 5.41) is 20.6. The molecule has 0 aliphatic heterocycles. The number of hydrogen-bond donors (Lipinski definition) is 1. The van der Waals surface area contributed by atoms with E-state index in [1.807, 2.05) is 24.3 Å². The minimum atomic E-state index is -0.187. The van der Waals surface area contributed by atoms with Crippen molar-refractivity contribution >= 4 is 11.4 Å². The van der Waals surface area contributed by atoms with Crippen molar-refractivity contribution in [1.82, 2.24) is 0 Å². The Hall–Kier alpha value is -2.33. The molecule has 4 nitrogen and oxygen atoms in total. The van der Waals surface area contributed by atoms with Crippen LogP contribution in [0.15, 0.2) is 29.4 Å². The summed E-state index contributed by atoms with van der Waals surface area (Å²) in [6, 6.07) is 11.1. The van der Waals surface area contributed by atoms with Crippen LogP contribution >= 0.6 is 0 Å². The van der Waals surface area contributed by atoms with Gasteiger partial charge in [0.15, 0.2) is 0 Å². The standard InChI is InChI=1S/C12H12N4/c1-9(2)10-3-5-11(6-4-10)15-16-12(7-13)8-14/h3-6,9,15H,1-2H3. The van der Waals surface area contributed by atoms with Crippen LogP contribution in [-0.2, 0) is 0 Å². The fourth-order valence-corrected chi connectivity index (χ4v) is 1.14. The molecule has 0 heterocycles. The molecule has 0 spiro atoms. The SMILES string of the molecule is CC(C)c1ccc(NN=C(C#N)C#N)cc1. The fraction of sp³-hybridized carbons (Fsp3) is 0.250. The van der Waals surface area contributed by atoms with Gasteiger partial charge in [-0.2, -0.15) is 15.6 Å². The van der Waals surface area contributed by atoms with Gasteiger partial charge in [-0.25, -0.2) is 0 Å². The zero-order valence-electron chi connectivity index (χ0n) is 9.23. The molecule has 0 aliphatic rings. The molecule has 0 unspecified atom stereocenters. The van der Waals surface area contributed by atoms with Crippen LogP contribution in [0.25, 0.3) is 0 Å². The highest BCUT2D eigenvalue weighted by molar-refractivity contribution is 6.10. The maximum Gasteiger partial charge on any atom is 0.237 e. The zero-order chi connectivity index (χ0) is 12.0. The lowest BCUT2D eigenvalue weighted by Crippen LogP contribution is -1.96. The maximum atomic E-state index is 8.48. The van der Waals surface area contributed by atoms with E-state index in [0.29, 0.717) is 5.92 Å². The van der Waals surface area contributed by atoms with E-state index in [1.165, 1.54) is 5.56 Å². The number of nitrogens with one attached hydrogen (secondary N) is 1. The summed E-state index contributed by atoms with van der Waals surface area (Å²) >= 11 is 0. The number of benzene rings is 1. The van der Waals surface area contributed by atoms with Gasteiger partial charge in [-0.15, -0.1) is 0 Å². The van der Waals surface area contributed by atoms with Gasteiger partial charge < -0.3 is 0 Å². The van der Waals surface area contributed by atoms with E-state index < -0.39 is 0 Å². The molecule has 4 heteroatoms. The molecular formula is C12H12N4. The van der Waals surface area contributed by atoms with Gasteiger partial charge in [-0.3, -0.25) is 5.43 Å². The number of hydrogen-bond acceptors (Lipinski definition) is 4. The van der Waals surface area contributed by atoms with E-state index in [0.717, 1.165) is 5.69 Å². The first-order chi connectivity index (χ1) is 7.67. The van der Waals surface area contributed by atoms with Crippen LogP contribution in [0.5, 0.6) is 0 Å². The first kappa shape index (κ1) is 11.7. The quantitative estimate of drug-likeness (QED) is 0.618. The van der Waals surface area contributed by atoms with Gasteiger partial charge in [0.1, 0.15) is 12.1 Å². The molecule has 1 aromatic rings. The van der Waals surface area contributed by atoms with Crippen LogP contribution in [0.4, 0.5) is 5.69 Å². The van der Waals surface area contributed by atoms with Crippen molar-refractivity contribution in [1.29, 1.82) is 10.5 Å². The van der Waals surface area contributed by atoms with E-state index in [4.69, 9.17) is 10.5 Å². The van der Waals surface area contributed by atoms with Crippen molar-refractivity contribution in [2.75, 3.05) is 5.43 Å². The molecule has 0 atom stereocenters. The Labute approximate surface area is 94.8 Å². The monoisotopic (exact) mass is 212 g/mol.